The molecule has 3 aromatic heterocycles. The lowest BCUT2D eigenvalue weighted by Gasteiger charge is -2.25. The summed E-state index contributed by atoms with van der Waals surface area (Å²) in [4.78, 5) is 4.38. The molecule has 0 unspecified atom stereocenters. The zero-order chi connectivity index (χ0) is 16.8. The van der Waals surface area contributed by atoms with Gasteiger partial charge in [-0.05, 0) is 49.6 Å². The highest BCUT2D eigenvalue weighted by Gasteiger charge is 2.22. The molecule has 0 bridgehead atoms. The van der Waals surface area contributed by atoms with E-state index >= 15 is 0 Å². The van der Waals surface area contributed by atoms with E-state index in [1.165, 1.54) is 6.42 Å². The van der Waals surface area contributed by atoms with E-state index in [-0.39, 0.29) is 0 Å². The topological polar surface area (TPSA) is 80.6 Å². The molecule has 1 saturated carbocycles. The minimum Gasteiger partial charge on any atom is -0.473 e. The van der Waals surface area contributed by atoms with Gasteiger partial charge in [0.05, 0.1) is 16.4 Å². The summed E-state index contributed by atoms with van der Waals surface area (Å²) in [5, 5.41) is 16.2. The Kier molecular flexibility index (Phi) is 3.12. The summed E-state index contributed by atoms with van der Waals surface area (Å²) < 4.78 is 7.86. The third kappa shape index (κ3) is 2.39. The van der Waals surface area contributed by atoms with Crippen LogP contribution in [0.25, 0.3) is 21.9 Å². The molecule has 4 aromatic rings. The molecular weight excluding hydrogens is 316 g/mol. The van der Waals surface area contributed by atoms with Crippen LogP contribution in [-0.4, -0.2) is 31.1 Å². The van der Waals surface area contributed by atoms with Crippen LogP contribution < -0.4 is 10.1 Å². The minimum atomic E-state index is 0.317. The van der Waals surface area contributed by atoms with Gasteiger partial charge in [0, 0.05) is 18.9 Å². The molecule has 25 heavy (non-hydrogen) atoms. The largest absolute Gasteiger partial charge is 0.473 e. The lowest BCUT2D eigenvalue weighted by molar-refractivity contribution is 0.115. The van der Waals surface area contributed by atoms with Crippen LogP contribution >= 0.6 is 0 Å². The van der Waals surface area contributed by atoms with Crippen molar-refractivity contribution in [2.45, 2.75) is 25.4 Å². The third-order valence-electron chi connectivity index (χ3n) is 4.73. The molecule has 0 radical (unpaired) electrons. The number of nitrogens with one attached hydrogen (secondary N) is 2. The molecule has 1 fully saturated rings. The second-order valence-corrected chi connectivity index (χ2v) is 6.43. The number of hydrogen-bond acceptors (Lipinski definition) is 5. The smallest absolute Gasteiger partial charge is 0.241 e. The molecular formula is C18H18N6O. The van der Waals surface area contributed by atoms with Gasteiger partial charge < -0.3 is 10.1 Å². The maximum atomic E-state index is 6.01. The Hall–Kier alpha value is -3.09. The highest BCUT2D eigenvalue weighted by atomic mass is 16.5. The number of ether oxygens (including phenoxy) is 1. The zero-order valence-corrected chi connectivity index (χ0v) is 13.9. The van der Waals surface area contributed by atoms with Crippen LogP contribution in [0.2, 0.25) is 0 Å². The van der Waals surface area contributed by atoms with Gasteiger partial charge in [0.25, 0.3) is 0 Å². The van der Waals surface area contributed by atoms with Crippen molar-refractivity contribution in [1.82, 2.24) is 25.0 Å². The van der Waals surface area contributed by atoms with Crippen molar-refractivity contribution in [2.75, 3.05) is 5.32 Å². The number of nitrogens with zero attached hydrogens (tertiary/aromatic N) is 4. The number of hydrogen-bond donors (Lipinski definition) is 2. The fraction of sp³-hybridized carbons (Fsp3) is 0.278. The standard InChI is InChI=1S/C18H18N6O/c1-24-15-10-11(20-17-16-14(21-22-17)6-3-9-19-16)7-8-13(15)18(23-24)25-12-4-2-5-12/h3,6-10,12H,2,4-5H2,1H3,(H2,20,21,22). The summed E-state index contributed by atoms with van der Waals surface area (Å²) in [6.45, 7) is 0. The minimum absolute atomic E-state index is 0.317. The summed E-state index contributed by atoms with van der Waals surface area (Å²) in [5.74, 6) is 1.43. The van der Waals surface area contributed by atoms with Crippen LogP contribution in [0, 0.1) is 0 Å². The molecule has 0 aliphatic heterocycles. The molecule has 126 valence electrons. The van der Waals surface area contributed by atoms with Crippen molar-refractivity contribution in [2.24, 2.45) is 7.05 Å². The normalized spacial score (nSPS) is 14.8. The molecule has 1 aliphatic carbocycles. The van der Waals surface area contributed by atoms with Crippen LogP contribution in [-0.2, 0) is 7.05 Å². The van der Waals surface area contributed by atoms with Gasteiger partial charge in [-0.2, -0.15) is 5.10 Å². The second kappa shape index (κ2) is 5.47. The Morgan fingerprint density at radius 3 is 3.04 bits per heavy atom. The van der Waals surface area contributed by atoms with E-state index in [0.29, 0.717) is 11.9 Å². The summed E-state index contributed by atoms with van der Waals surface area (Å²) in [6.07, 6.45) is 5.57. The predicted molar refractivity (Wildman–Crippen MR) is 96.2 cm³/mol. The average Bonchev–Trinajstić information content (AvgIpc) is 3.13. The first-order valence-corrected chi connectivity index (χ1v) is 8.47. The molecule has 0 spiro atoms. The Morgan fingerprint density at radius 2 is 2.20 bits per heavy atom. The number of aryl methyl sites for hydroxylation is 1. The van der Waals surface area contributed by atoms with Gasteiger partial charge in [0.1, 0.15) is 11.6 Å². The molecule has 7 nitrogen and oxygen atoms in total. The first-order valence-electron chi connectivity index (χ1n) is 8.47. The molecule has 3 heterocycles. The number of H-pyrrole nitrogens is 1. The summed E-state index contributed by atoms with van der Waals surface area (Å²) in [5.41, 5.74) is 3.68. The Labute approximate surface area is 144 Å². The Bertz CT molecular complexity index is 1060. The van der Waals surface area contributed by atoms with E-state index < -0.39 is 0 Å². The maximum Gasteiger partial charge on any atom is 0.241 e. The average molecular weight is 334 g/mol. The van der Waals surface area contributed by atoms with Gasteiger partial charge in [-0.1, -0.05) is 0 Å². The van der Waals surface area contributed by atoms with Gasteiger partial charge in [0.15, 0.2) is 5.82 Å². The second-order valence-electron chi connectivity index (χ2n) is 6.43. The third-order valence-corrected chi connectivity index (χ3v) is 4.73. The predicted octanol–water partition coefficient (Wildman–Crippen LogP) is 3.52. The lowest BCUT2D eigenvalue weighted by Crippen LogP contribution is -2.24. The van der Waals surface area contributed by atoms with Gasteiger partial charge in [-0.15, -0.1) is 5.10 Å². The number of aromatic nitrogens is 5. The fourth-order valence-corrected chi connectivity index (χ4v) is 3.11. The summed E-state index contributed by atoms with van der Waals surface area (Å²) in [7, 11) is 1.94. The fourth-order valence-electron chi connectivity index (χ4n) is 3.11. The van der Waals surface area contributed by atoms with E-state index in [0.717, 1.165) is 46.3 Å². The number of aromatic amines is 1. The lowest BCUT2D eigenvalue weighted by atomic mass is 9.96. The monoisotopic (exact) mass is 334 g/mol. The van der Waals surface area contributed by atoms with Gasteiger partial charge in [0.2, 0.25) is 5.88 Å². The van der Waals surface area contributed by atoms with Gasteiger partial charge in [-0.25, -0.2) is 0 Å². The molecule has 0 saturated heterocycles. The SMILES string of the molecule is Cn1nc(OC2CCC2)c2ccc(Nc3n[nH]c4cccnc34)cc21. The number of anilines is 2. The van der Waals surface area contributed by atoms with E-state index in [4.69, 9.17) is 4.74 Å². The number of fused-ring (bicyclic) bond motifs is 2. The van der Waals surface area contributed by atoms with Crippen molar-refractivity contribution >= 4 is 33.4 Å². The quantitative estimate of drug-likeness (QED) is 0.597. The summed E-state index contributed by atoms with van der Waals surface area (Å²) >= 11 is 0. The molecule has 0 amide bonds. The number of benzene rings is 1. The van der Waals surface area contributed by atoms with E-state index in [1.54, 1.807) is 6.20 Å². The van der Waals surface area contributed by atoms with Crippen LogP contribution in [0.3, 0.4) is 0 Å². The Morgan fingerprint density at radius 1 is 1.28 bits per heavy atom. The Balaban J connectivity index is 1.49. The highest BCUT2D eigenvalue weighted by molar-refractivity contribution is 5.91. The first-order chi connectivity index (χ1) is 12.3. The summed E-state index contributed by atoms with van der Waals surface area (Å²) in [6, 6.07) is 9.95. The van der Waals surface area contributed by atoms with Crippen molar-refractivity contribution in [3.05, 3.63) is 36.5 Å². The van der Waals surface area contributed by atoms with Gasteiger partial charge in [-0.3, -0.25) is 14.8 Å². The molecule has 7 heteroatoms. The molecule has 1 aliphatic rings. The maximum absolute atomic E-state index is 6.01. The van der Waals surface area contributed by atoms with Gasteiger partial charge >= 0.3 is 0 Å². The van der Waals surface area contributed by atoms with Crippen molar-refractivity contribution in [1.29, 1.82) is 0 Å². The first kappa shape index (κ1) is 14.3. The molecule has 2 N–H and O–H groups in total. The highest BCUT2D eigenvalue weighted by Crippen LogP contribution is 2.32. The van der Waals surface area contributed by atoms with Crippen LogP contribution in [0.4, 0.5) is 11.5 Å². The molecule has 5 rings (SSSR count). The van der Waals surface area contributed by atoms with E-state index in [9.17, 15) is 0 Å². The zero-order valence-electron chi connectivity index (χ0n) is 13.9. The van der Waals surface area contributed by atoms with Crippen LogP contribution in [0.1, 0.15) is 19.3 Å². The number of pyridine rings is 1. The van der Waals surface area contributed by atoms with Crippen molar-refractivity contribution < 1.29 is 4.74 Å². The molecule has 0 atom stereocenters. The van der Waals surface area contributed by atoms with Crippen molar-refractivity contribution in [3.63, 3.8) is 0 Å². The van der Waals surface area contributed by atoms with Crippen LogP contribution in [0.5, 0.6) is 5.88 Å². The van der Waals surface area contributed by atoms with Crippen LogP contribution in [0.15, 0.2) is 36.5 Å². The molecule has 1 aromatic carbocycles. The van der Waals surface area contributed by atoms with E-state index in [2.05, 4.69) is 31.7 Å². The van der Waals surface area contributed by atoms with Crippen molar-refractivity contribution in [3.8, 4) is 5.88 Å². The van der Waals surface area contributed by atoms with E-state index in [1.807, 2.05) is 36.0 Å². The number of rotatable bonds is 4.